The van der Waals surface area contributed by atoms with Crippen LogP contribution in [0.5, 0.6) is 0 Å². The van der Waals surface area contributed by atoms with E-state index in [2.05, 4.69) is 26.6 Å². The van der Waals surface area contributed by atoms with Crippen LogP contribution in [0.4, 0.5) is 10.1 Å². The van der Waals surface area contributed by atoms with Gasteiger partial charge in [0.15, 0.2) is 0 Å². The molecule has 0 aliphatic rings. The Kier molecular flexibility index (Phi) is 5.50. The van der Waals surface area contributed by atoms with Crippen LogP contribution in [0.1, 0.15) is 33.2 Å². The maximum Gasteiger partial charge on any atom is 0.256 e. The van der Waals surface area contributed by atoms with Gasteiger partial charge in [0.1, 0.15) is 5.82 Å². The zero-order valence-corrected chi connectivity index (χ0v) is 14.3. The fourth-order valence-corrected chi connectivity index (χ4v) is 2.55. The van der Waals surface area contributed by atoms with E-state index in [4.69, 9.17) is 0 Å². The zero-order valence-electron chi connectivity index (χ0n) is 12.7. The first-order valence-electron chi connectivity index (χ1n) is 7.07. The molecule has 6 heteroatoms. The number of anilines is 1. The van der Waals surface area contributed by atoms with Crippen LogP contribution in [-0.2, 0) is 0 Å². The molecule has 4 nitrogen and oxygen atoms in total. The van der Waals surface area contributed by atoms with Crippen LogP contribution in [0, 0.1) is 12.7 Å². The lowest BCUT2D eigenvalue weighted by Crippen LogP contribution is -2.23. The SMILES string of the molecule is CCNC(=O)c1ccc(C)c(NC(=O)c2ccc(F)cc2Br)c1. The second-order valence-corrected chi connectivity index (χ2v) is 5.82. The summed E-state index contributed by atoms with van der Waals surface area (Å²) in [6.07, 6.45) is 0. The van der Waals surface area contributed by atoms with E-state index in [-0.39, 0.29) is 11.8 Å². The fourth-order valence-electron chi connectivity index (χ4n) is 2.02. The molecular formula is C17H16BrFN2O2. The zero-order chi connectivity index (χ0) is 17.0. The number of aryl methyl sites for hydroxylation is 1. The highest BCUT2D eigenvalue weighted by Gasteiger charge is 2.13. The van der Waals surface area contributed by atoms with Gasteiger partial charge in [-0.1, -0.05) is 6.07 Å². The lowest BCUT2D eigenvalue weighted by atomic mass is 10.1. The Bertz CT molecular complexity index is 762. The van der Waals surface area contributed by atoms with E-state index in [9.17, 15) is 14.0 Å². The monoisotopic (exact) mass is 378 g/mol. The first-order valence-corrected chi connectivity index (χ1v) is 7.87. The van der Waals surface area contributed by atoms with Crippen molar-refractivity contribution in [3.8, 4) is 0 Å². The summed E-state index contributed by atoms with van der Waals surface area (Å²) in [5, 5.41) is 5.46. The van der Waals surface area contributed by atoms with E-state index in [0.717, 1.165) is 5.56 Å². The third-order valence-electron chi connectivity index (χ3n) is 3.26. The van der Waals surface area contributed by atoms with Gasteiger partial charge >= 0.3 is 0 Å². The molecule has 0 bridgehead atoms. The summed E-state index contributed by atoms with van der Waals surface area (Å²) in [7, 11) is 0. The largest absolute Gasteiger partial charge is 0.352 e. The summed E-state index contributed by atoms with van der Waals surface area (Å²) in [5.41, 5.74) is 2.14. The van der Waals surface area contributed by atoms with E-state index in [1.165, 1.54) is 18.2 Å². The minimum absolute atomic E-state index is 0.203. The van der Waals surface area contributed by atoms with Gasteiger partial charge in [-0.15, -0.1) is 0 Å². The summed E-state index contributed by atoms with van der Waals surface area (Å²) in [6, 6.07) is 8.93. The molecule has 2 aromatic carbocycles. The van der Waals surface area contributed by atoms with Gasteiger partial charge in [-0.2, -0.15) is 0 Å². The highest BCUT2D eigenvalue weighted by atomic mass is 79.9. The maximum atomic E-state index is 13.1. The normalized spacial score (nSPS) is 10.3. The van der Waals surface area contributed by atoms with Crippen molar-refractivity contribution in [2.24, 2.45) is 0 Å². The molecule has 2 N–H and O–H groups in total. The molecule has 0 spiro atoms. The minimum atomic E-state index is -0.428. The number of carbonyl (C=O) groups excluding carboxylic acids is 2. The van der Waals surface area contributed by atoms with Gasteiger partial charge in [-0.25, -0.2) is 4.39 Å². The van der Waals surface area contributed by atoms with Gasteiger partial charge in [0.05, 0.1) is 5.56 Å². The van der Waals surface area contributed by atoms with E-state index < -0.39 is 5.82 Å². The maximum absolute atomic E-state index is 13.1. The van der Waals surface area contributed by atoms with E-state index in [0.29, 0.717) is 27.8 Å². The molecule has 0 aliphatic heterocycles. The number of amides is 2. The molecule has 0 saturated heterocycles. The van der Waals surface area contributed by atoms with Crippen LogP contribution in [0.2, 0.25) is 0 Å². The van der Waals surface area contributed by atoms with Crippen LogP contribution >= 0.6 is 15.9 Å². The molecule has 0 saturated carbocycles. The van der Waals surface area contributed by atoms with Crippen LogP contribution in [0.3, 0.4) is 0 Å². The summed E-state index contributed by atoms with van der Waals surface area (Å²) in [6.45, 7) is 4.19. The van der Waals surface area contributed by atoms with Crippen LogP contribution in [-0.4, -0.2) is 18.4 Å². The predicted octanol–water partition coefficient (Wildman–Crippen LogP) is 3.90. The molecule has 2 amide bonds. The molecule has 0 aromatic heterocycles. The first-order chi connectivity index (χ1) is 10.9. The molecule has 0 atom stereocenters. The van der Waals surface area contributed by atoms with Crippen LogP contribution in [0.25, 0.3) is 0 Å². The number of halogens is 2. The lowest BCUT2D eigenvalue weighted by molar-refractivity contribution is 0.0954. The number of rotatable bonds is 4. The van der Waals surface area contributed by atoms with E-state index in [1.807, 2.05) is 13.8 Å². The summed E-state index contributed by atoms with van der Waals surface area (Å²) in [5.74, 6) is -1.01. The Labute approximate surface area is 142 Å². The third kappa shape index (κ3) is 4.16. The Balaban J connectivity index is 2.26. The number of hydrogen-bond acceptors (Lipinski definition) is 2. The Morgan fingerprint density at radius 1 is 1.13 bits per heavy atom. The van der Waals surface area contributed by atoms with Crippen molar-refractivity contribution in [1.82, 2.24) is 5.32 Å². The number of nitrogens with one attached hydrogen (secondary N) is 2. The van der Waals surface area contributed by atoms with Gasteiger partial charge in [0.25, 0.3) is 11.8 Å². The predicted molar refractivity (Wildman–Crippen MR) is 91.2 cm³/mol. The summed E-state index contributed by atoms with van der Waals surface area (Å²) in [4.78, 5) is 24.2. The van der Waals surface area contributed by atoms with E-state index in [1.54, 1.807) is 18.2 Å². The standard InChI is InChI=1S/C17H16BrFN2O2/c1-3-20-16(22)11-5-4-10(2)15(8-11)21-17(23)13-7-6-12(19)9-14(13)18/h4-9H,3H2,1-2H3,(H,20,22)(H,21,23). The smallest absolute Gasteiger partial charge is 0.256 e. The van der Waals surface area contributed by atoms with E-state index >= 15 is 0 Å². The molecule has 2 aromatic rings. The molecule has 23 heavy (non-hydrogen) atoms. The van der Waals surface area contributed by atoms with Crippen LogP contribution < -0.4 is 10.6 Å². The molecule has 2 rings (SSSR count). The molecule has 0 fully saturated rings. The summed E-state index contributed by atoms with van der Waals surface area (Å²) >= 11 is 3.17. The quantitative estimate of drug-likeness (QED) is 0.847. The lowest BCUT2D eigenvalue weighted by Gasteiger charge is -2.11. The molecule has 0 radical (unpaired) electrons. The van der Waals surface area contributed by atoms with Crippen molar-refractivity contribution < 1.29 is 14.0 Å². The Morgan fingerprint density at radius 3 is 2.52 bits per heavy atom. The van der Waals surface area contributed by atoms with Crippen molar-refractivity contribution in [2.45, 2.75) is 13.8 Å². The van der Waals surface area contributed by atoms with Crippen LogP contribution in [0.15, 0.2) is 40.9 Å². The summed E-state index contributed by atoms with van der Waals surface area (Å²) < 4.78 is 13.5. The Morgan fingerprint density at radius 2 is 1.87 bits per heavy atom. The van der Waals surface area contributed by atoms with Crippen molar-refractivity contribution in [1.29, 1.82) is 0 Å². The number of carbonyl (C=O) groups is 2. The van der Waals surface area contributed by atoms with Crippen molar-refractivity contribution in [3.63, 3.8) is 0 Å². The Hall–Kier alpha value is -2.21. The number of hydrogen-bond donors (Lipinski definition) is 2. The average Bonchev–Trinajstić information content (AvgIpc) is 2.49. The number of benzene rings is 2. The second-order valence-electron chi connectivity index (χ2n) is 4.97. The van der Waals surface area contributed by atoms with Crippen molar-refractivity contribution in [3.05, 3.63) is 63.4 Å². The highest BCUT2D eigenvalue weighted by Crippen LogP contribution is 2.22. The van der Waals surface area contributed by atoms with Gasteiger partial charge in [0, 0.05) is 22.3 Å². The van der Waals surface area contributed by atoms with Gasteiger partial charge in [-0.3, -0.25) is 9.59 Å². The highest BCUT2D eigenvalue weighted by molar-refractivity contribution is 9.10. The van der Waals surface area contributed by atoms with Gasteiger partial charge in [-0.05, 0) is 65.7 Å². The molecule has 0 heterocycles. The van der Waals surface area contributed by atoms with Gasteiger partial charge in [0.2, 0.25) is 0 Å². The van der Waals surface area contributed by atoms with Crippen molar-refractivity contribution in [2.75, 3.05) is 11.9 Å². The third-order valence-corrected chi connectivity index (χ3v) is 3.92. The molecule has 0 aliphatic carbocycles. The fraction of sp³-hybridized carbons (Fsp3) is 0.176. The first kappa shape index (κ1) is 17.1. The molecule has 120 valence electrons. The molecule has 0 unspecified atom stereocenters. The van der Waals surface area contributed by atoms with Gasteiger partial charge < -0.3 is 10.6 Å². The topological polar surface area (TPSA) is 58.2 Å². The average molecular weight is 379 g/mol. The minimum Gasteiger partial charge on any atom is -0.352 e. The van der Waals surface area contributed by atoms with Crippen molar-refractivity contribution >= 4 is 33.4 Å². The molecular weight excluding hydrogens is 363 g/mol. The second kappa shape index (κ2) is 7.37.